The SMILES string of the molecule is CCOC(=O)CCc1ccc(COc2ccccc2)cc1C(=O)NC(CC(C)C)c1ccc(C)cc1. The lowest BCUT2D eigenvalue weighted by Crippen LogP contribution is -2.30. The molecular weight excluding hydrogens is 450 g/mol. The molecular formula is C31H37NO4. The lowest BCUT2D eigenvalue weighted by atomic mass is 9.94. The second-order valence-corrected chi connectivity index (χ2v) is 9.46. The molecule has 3 aromatic carbocycles. The van der Waals surface area contributed by atoms with E-state index in [-0.39, 0.29) is 24.3 Å². The van der Waals surface area contributed by atoms with Crippen LogP contribution in [0.4, 0.5) is 0 Å². The fourth-order valence-electron chi connectivity index (χ4n) is 4.08. The molecule has 0 bridgehead atoms. The van der Waals surface area contributed by atoms with Crippen molar-refractivity contribution in [3.8, 4) is 5.75 Å². The summed E-state index contributed by atoms with van der Waals surface area (Å²) in [6.45, 7) is 8.83. The van der Waals surface area contributed by atoms with Gasteiger partial charge in [-0.25, -0.2) is 0 Å². The summed E-state index contributed by atoms with van der Waals surface area (Å²) in [5.41, 5.74) is 4.53. The van der Waals surface area contributed by atoms with E-state index in [4.69, 9.17) is 9.47 Å². The minimum Gasteiger partial charge on any atom is -0.489 e. The lowest BCUT2D eigenvalue weighted by Gasteiger charge is -2.22. The Labute approximate surface area is 214 Å². The van der Waals surface area contributed by atoms with Crippen LogP contribution < -0.4 is 10.1 Å². The number of para-hydroxylation sites is 1. The van der Waals surface area contributed by atoms with Gasteiger partial charge in [-0.05, 0) is 67.5 Å². The van der Waals surface area contributed by atoms with Gasteiger partial charge in [0.1, 0.15) is 12.4 Å². The highest BCUT2D eigenvalue weighted by atomic mass is 16.5. The third-order valence-corrected chi connectivity index (χ3v) is 5.96. The first kappa shape index (κ1) is 27.0. The summed E-state index contributed by atoms with van der Waals surface area (Å²) in [5.74, 6) is 0.760. The number of hydrogen-bond donors (Lipinski definition) is 1. The zero-order valence-corrected chi connectivity index (χ0v) is 21.8. The van der Waals surface area contributed by atoms with Gasteiger partial charge in [-0.1, -0.05) is 74.0 Å². The van der Waals surface area contributed by atoms with Crippen molar-refractivity contribution < 1.29 is 19.1 Å². The molecule has 190 valence electrons. The first-order chi connectivity index (χ1) is 17.4. The van der Waals surface area contributed by atoms with Crippen LogP contribution in [0.2, 0.25) is 0 Å². The van der Waals surface area contributed by atoms with Gasteiger partial charge >= 0.3 is 5.97 Å². The Kier molecular flexibility index (Phi) is 10.1. The van der Waals surface area contributed by atoms with Crippen molar-refractivity contribution >= 4 is 11.9 Å². The highest BCUT2D eigenvalue weighted by molar-refractivity contribution is 5.96. The van der Waals surface area contributed by atoms with Gasteiger partial charge in [-0.3, -0.25) is 9.59 Å². The van der Waals surface area contributed by atoms with Crippen LogP contribution >= 0.6 is 0 Å². The number of benzene rings is 3. The van der Waals surface area contributed by atoms with E-state index in [2.05, 4.69) is 50.4 Å². The minimum absolute atomic E-state index is 0.111. The molecule has 5 heteroatoms. The maximum Gasteiger partial charge on any atom is 0.306 e. The number of hydrogen-bond acceptors (Lipinski definition) is 4. The Bertz CT molecular complexity index is 1120. The molecule has 0 saturated heterocycles. The van der Waals surface area contributed by atoms with E-state index >= 15 is 0 Å². The van der Waals surface area contributed by atoms with Gasteiger partial charge < -0.3 is 14.8 Å². The standard InChI is InChI=1S/C31H37NO4/c1-5-35-30(33)18-17-25-16-13-24(21-36-27-9-7-6-8-10-27)20-28(25)31(34)32-29(19-22(2)3)26-14-11-23(4)12-15-26/h6-16,20,22,29H,5,17-19,21H2,1-4H3,(H,32,34). The lowest BCUT2D eigenvalue weighted by molar-refractivity contribution is -0.143. The molecule has 0 aromatic heterocycles. The molecule has 0 fully saturated rings. The Hall–Kier alpha value is -3.60. The summed E-state index contributed by atoms with van der Waals surface area (Å²) < 4.78 is 11.0. The van der Waals surface area contributed by atoms with Crippen LogP contribution in [0.5, 0.6) is 5.75 Å². The number of esters is 1. The Balaban J connectivity index is 1.84. The number of rotatable bonds is 12. The average Bonchev–Trinajstić information content (AvgIpc) is 2.87. The summed E-state index contributed by atoms with van der Waals surface area (Å²) >= 11 is 0. The molecule has 0 spiro atoms. The third-order valence-electron chi connectivity index (χ3n) is 5.96. The molecule has 1 N–H and O–H groups in total. The first-order valence-corrected chi connectivity index (χ1v) is 12.7. The third kappa shape index (κ3) is 8.26. The molecule has 1 unspecified atom stereocenters. The Morgan fingerprint density at radius 3 is 2.33 bits per heavy atom. The van der Waals surface area contributed by atoms with Gasteiger partial charge in [0.05, 0.1) is 12.6 Å². The fraction of sp³-hybridized carbons (Fsp3) is 0.355. The zero-order chi connectivity index (χ0) is 25.9. The van der Waals surface area contributed by atoms with Gasteiger partial charge in [0.25, 0.3) is 5.91 Å². The monoisotopic (exact) mass is 487 g/mol. The van der Waals surface area contributed by atoms with E-state index in [9.17, 15) is 9.59 Å². The average molecular weight is 488 g/mol. The van der Waals surface area contributed by atoms with E-state index < -0.39 is 0 Å². The zero-order valence-electron chi connectivity index (χ0n) is 21.8. The molecule has 1 atom stereocenters. The highest BCUT2D eigenvalue weighted by Crippen LogP contribution is 2.24. The predicted molar refractivity (Wildman–Crippen MR) is 143 cm³/mol. The molecule has 0 aliphatic heterocycles. The minimum atomic E-state index is -0.266. The number of nitrogens with one attached hydrogen (secondary N) is 1. The van der Waals surface area contributed by atoms with Crippen molar-refractivity contribution in [2.75, 3.05) is 6.61 Å². The van der Waals surface area contributed by atoms with E-state index in [1.165, 1.54) is 5.56 Å². The number of carbonyl (C=O) groups is 2. The van der Waals surface area contributed by atoms with Crippen molar-refractivity contribution in [1.82, 2.24) is 5.32 Å². The van der Waals surface area contributed by atoms with Crippen molar-refractivity contribution in [2.24, 2.45) is 5.92 Å². The molecule has 1 amide bonds. The van der Waals surface area contributed by atoms with Gasteiger partial charge in [0.15, 0.2) is 0 Å². The molecule has 0 saturated carbocycles. The number of carbonyl (C=O) groups excluding carboxylic acids is 2. The van der Waals surface area contributed by atoms with Crippen molar-refractivity contribution in [3.63, 3.8) is 0 Å². The van der Waals surface area contributed by atoms with Crippen LogP contribution in [0, 0.1) is 12.8 Å². The molecule has 5 nitrogen and oxygen atoms in total. The predicted octanol–water partition coefficient (Wildman–Crippen LogP) is 6.59. The summed E-state index contributed by atoms with van der Waals surface area (Å²) in [6.07, 6.45) is 1.48. The molecule has 0 aliphatic carbocycles. The van der Waals surface area contributed by atoms with E-state index in [1.54, 1.807) is 6.92 Å². The highest BCUT2D eigenvalue weighted by Gasteiger charge is 2.20. The maximum absolute atomic E-state index is 13.6. The van der Waals surface area contributed by atoms with Crippen LogP contribution in [0.25, 0.3) is 0 Å². The van der Waals surface area contributed by atoms with Crippen molar-refractivity contribution in [3.05, 3.63) is 101 Å². The second kappa shape index (κ2) is 13.5. The van der Waals surface area contributed by atoms with E-state index in [1.807, 2.05) is 48.5 Å². The van der Waals surface area contributed by atoms with Gasteiger partial charge in [0.2, 0.25) is 0 Å². The molecule has 0 heterocycles. The van der Waals surface area contributed by atoms with Crippen molar-refractivity contribution in [2.45, 2.75) is 59.6 Å². The number of amides is 1. The Morgan fingerprint density at radius 1 is 0.944 bits per heavy atom. The van der Waals surface area contributed by atoms with Gasteiger partial charge in [-0.15, -0.1) is 0 Å². The van der Waals surface area contributed by atoms with Crippen LogP contribution in [0.3, 0.4) is 0 Å². The quantitative estimate of drug-likeness (QED) is 0.293. The summed E-state index contributed by atoms with van der Waals surface area (Å²) in [6, 6.07) is 23.5. The molecule has 36 heavy (non-hydrogen) atoms. The summed E-state index contributed by atoms with van der Waals surface area (Å²) in [4.78, 5) is 25.6. The number of ether oxygens (including phenoxy) is 2. The van der Waals surface area contributed by atoms with Gasteiger partial charge in [0, 0.05) is 12.0 Å². The van der Waals surface area contributed by atoms with Crippen LogP contribution in [0.1, 0.15) is 72.3 Å². The largest absolute Gasteiger partial charge is 0.489 e. The van der Waals surface area contributed by atoms with E-state index in [0.717, 1.165) is 28.9 Å². The molecule has 3 aromatic rings. The van der Waals surface area contributed by atoms with Gasteiger partial charge in [-0.2, -0.15) is 0 Å². The first-order valence-electron chi connectivity index (χ1n) is 12.7. The summed E-state index contributed by atoms with van der Waals surface area (Å²) in [7, 11) is 0. The molecule has 0 radical (unpaired) electrons. The fourth-order valence-corrected chi connectivity index (χ4v) is 4.08. The topological polar surface area (TPSA) is 64.6 Å². The van der Waals surface area contributed by atoms with Crippen molar-refractivity contribution in [1.29, 1.82) is 0 Å². The Morgan fingerprint density at radius 2 is 1.67 bits per heavy atom. The normalized spacial score (nSPS) is 11.7. The second-order valence-electron chi connectivity index (χ2n) is 9.46. The van der Waals surface area contributed by atoms with E-state index in [0.29, 0.717) is 31.1 Å². The maximum atomic E-state index is 13.6. The summed E-state index contributed by atoms with van der Waals surface area (Å²) in [5, 5.41) is 3.26. The van der Waals surface area contributed by atoms with Crippen LogP contribution in [-0.4, -0.2) is 18.5 Å². The van der Waals surface area contributed by atoms with Crippen LogP contribution in [-0.2, 0) is 22.6 Å². The number of aryl methyl sites for hydroxylation is 2. The molecule has 0 aliphatic rings. The molecule has 3 rings (SSSR count). The van der Waals surface area contributed by atoms with Crippen LogP contribution in [0.15, 0.2) is 72.8 Å². The smallest absolute Gasteiger partial charge is 0.306 e.